The highest BCUT2D eigenvalue weighted by Gasteiger charge is 1.94. The van der Waals surface area contributed by atoms with Crippen molar-refractivity contribution in [2.45, 2.75) is 6.92 Å². The second-order valence-corrected chi connectivity index (χ2v) is 2.76. The van der Waals surface area contributed by atoms with Crippen LogP contribution in [-0.4, -0.2) is 64.6 Å². The molecule has 0 spiro atoms. The molecule has 0 bridgehead atoms. The van der Waals surface area contributed by atoms with Gasteiger partial charge in [-0.2, -0.15) is 0 Å². The van der Waals surface area contributed by atoms with E-state index in [9.17, 15) is 0 Å². The Morgan fingerprint density at radius 3 is 1.87 bits per heavy atom. The predicted molar refractivity (Wildman–Crippen MR) is 56.0 cm³/mol. The van der Waals surface area contributed by atoms with Crippen LogP contribution in [0.25, 0.3) is 0 Å². The molecule has 5 nitrogen and oxygen atoms in total. The van der Waals surface area contributed by atoms with Gasteiger partial charge in [-0.1, -0.05) is 0 Å². The van der Waals surface area contributed by atoms with Gasteiger partial charge in [-0.25, -0.2) is 0 Å². The molecule has 5 heteroatoms. The van der Waals surface area contributed by atoms with Crippen LogP contribution in [0.4, 0.5) is 0 Å². The molecule has 0 saturated carbocycles. The van der Waals surface area contributed by atoms with Crippen LogP contribution in [-0.2, 0) is 18.9 Å². The molecule has 1 rings (SSSR count). The summed E-state index contributed by atoms with van der Waals surface area (Å²) in [6, 6.07) is 0. The van der Waals surface area contributed by atoms with Gasteiger partial charge in [-0.15, -0.1) is 0 Å². The Labute approximate surface area is 91.3 Å². The molecule has 0 aliphatic carbocycles. The average molecular weight is 222 g/mol. The highest BCUT2D eigenvalue weighted by atomic mass is 16.6. The predicted octanol–water partition coefficient (Wildman–Crippen LogP) is 0.0650. The van der Waals surface area contributed by atoms with Crippen molar-refractivity contribution in [1.82, 2.24) is 0 Å². The lowest BCUT2D eigenvalue weighted by Gasteiger charge is -2.09. The lowest BCUT2D eigenvalue weighted by atomic mass is 10.6. The molecule has 1 saturated heterocycles. The molecule has 1 aliphatic heterocycles. The quantitative estimate of drug-likeness (QED) is 0.644. The zero-order valence-electron chi connectivity index (χ0n) is 9.44. The Hall–Kier alpha value is -0.200. The van der Waals surface area contributed by atoms with Gasteiger partial charge in [0, 0.05) is 6.61 Å². The molecule has 0 radical (unpaired) electrons. The normalized spacial score (nSPS) is 15.6. The fraction of sp³-hybridized carbons (Fsp3) is 1.00. The van der Waals surface area contributed by atoms with Gasteiger partial charge in [0.1, 0.15) is 0 Å². The first-order valence-electron chi connectivity index (χ1n) is 5.33. The van der Waals surface area contributed by atoms with E-state index >= 15 is 0 Å². The van der Waals surface area contributed by atoms with E-state index in [1.807, 2.05) is 6.92 Å². The Morgan fingerprint density at radius 2 is 1.47 bits per heavy atom. The van der Waals surface area contributed by atoms with Gasteiger partial charge in [0.05, 0.1) is 52.9 Å². The van der Waals surface area contributed by atoms with E-state index in [2.05, 4.69) is 0 Å². The van der Waals surface area contributed by atoms with Gasteiger partial charge in [-0.3, -0.25) is 0 Å². The average Bonchev–Trinajstić information content (AvgIpc) is 2.32. The first kappa shape index (κ1) is 14.8. The third-order valence-electron chi connectivity index (χ3n) is 1.56. The maximum atomic E-state index is 8.26. The van der Waals surface area contributed by atoms with E-state index in [0.29, 0.717) is 19.8 Å². The molecule has 15 heavy (non-hydrogen) atoms. The second-order valence-electron chi connectivity index (χ2n) is 2.76. The van der Waals surface area contributed by atoms with Gasteiger partial charge < -0.3 is 24.1 Å². The highest BCUT2D eigenvalue weighted by Crippen LogP contribution is 1.85. The lowest BCUT2D eigenvalue weighted by molar-refractivity contribution is -0.0334. The van der Waals surface area contributed by atoms with Crippen molar-refractivity contribution in [3.8, 4) is 0 Å². The molecule has 1 aliphatic rings. The van der Waals surface area contributed by atoms with E-state index < -0.39 is 0 Å². The van der Waals surface area contributed by atoms with Gasteiger partial charge in [-0.05, 0) is 6.92 Å². The topological polar surface area (TPSA) is 57.2 Å². The number of aliphatic hydroxyl groups excluding tert-OH is 1. The lowest BCUT2D eigenvalue weighted by Crippen LogP contribution is -2.16. The van der Waals surface area contributed by atoms with Crippen LogP contribution in [0.3, 0.4) is 0 Å². The summed E-state index contributed by atoms with van der Waals surface area (Å²) in [5.74, 6) is 0. The van der Waals surface area contributed by atoms with Crippen LogP contribution >= 0.6 is 0 Å². The SMILES string of the molecule is C1COCCO1.CCOCCOCCO. The smallest absolute Gasteiger partial charge is 0.0701 e. The molecule has 0 aromatic rings. The van der Waals surface area contributed by atoms with Gasteiger partial charge >= 0.3 is 0 Å². The molecule has 0 unspecified atom stereocenters. The van der Waals surface area contributed by atoms with Gasteiger partial charge in [0.2, 0.25) is 0 Å². The first-order chi connectivity index (χ1) is 7.41. The van der Waals surface area contributed by atoms with Crippen LogP contribution in [0.15, 0.2) is 0 Å². The van der Waals surface area contributed by atoms with E-state index in [4.69, 9.17) is 24.1 Å². The maximum absolute atomic E-state index is 8.26. The van der Waals surface area contributed by atoms with Crippen molar-refractivity contribution in [3.05, 3.63) is 0 Å². The monoisotopic (exact) mass is 222 g/mol. The molecule has 0 amide bonds. The molecule has 1 N–H and O–H groups in total. The summed E-state index contributed by atoms with van der Waals surface area (Å²) < 4.78 is 19.8. The molecular formula is C10H22O5. The van der Waals surface area contributed by atoms with Crippen molar-refractivity contribution in [1.29, 1.82) is 0 Å². The van der Waals surface area contributed by atoms with Crippen molar-refractivity contribution in [2.75, 3.05) is 59.5 Å². The van der Waals surface area contributed by atoms with Crippen LogP contribution in [0.5, 0.6) is 0 Å². The van der Waals surface area contributed by atoms with E-state index in [1.54, 1.807) is 0 Å². The zero-order valence-corrected chi connectivity index (χ0v) is 9.44. The van der Waals surface area contributed by atoms with E-state index in [0.717, 1.165) is 33.0 Å². The summed E-state index contributed by atoms with van der Waals surface area (Å²) in [5, 5.41) is 8.26. The fourth-order valence-corrected chi connectivity index (χ4v) is 0.869. The number of hydrogen-bond donors (Lipinski definition) is 1. The van der Waals surface area contributed by atoms with E-state index in [1.165, 1.54) is 0 Å². The molecule has 92 valence electrons. The minimum atomic E-state index is 0.0894. The molecule has 1 fully saturated rings. The van der Waals surface area contributed by atoms with E-state index in [-0.39, 0.29) is 6.61 Å². The Bertz CT molecular complexity index is 88.5. The maximum Gasteiger partial charge on any atom is 0.0701 e. The van der Waals surface area contributed by atoms with Crippen LogP contribution in [0, 0.1) is 0 Å². The third kappa shape index (κ3) is 13.8. The summed E-state index contributed by atoms with van der Waals surface area (Å²) in [7, 11) is 0. The minimum Gasteiger partial charge on any atom is -0.394 e. The van der Waals surface area contributed by atoms with Crippen LogP contribution < -0.4 is 0 Å². The summed E-state index contributed by atoms with van der Waals surface area (Å²) >= 11 is 0. The molecular weight excluding hydrogens is 200 g/mol. The fourth-order valence-electron chi connectivity index (χ4n) is 0.869. The number of ether oxygens (including phenoxy) is 4. The Balaban J connectivity index is 0.000000280. The zero-order chi connectivity index (χ0) is 11.2. The third-order valence-corrected chi connectivity index (χ3v) is 1.56. The van der Waals surface area contributed by atoms with Crippen molar-refractivity contribution in [3.63, 3.8) is 0 Å². The highest BCUT2D eigenvalue weighted by molar-refractivity contribution is 4.37. The summed E-state index contributed by atoms with van der Waals surface area (Å²) in [5.41, 5.74) is 0. The van der Waals surface area contributed by atoms with Crippen molar-refractivity contribution < 1.29 is 24.1 Å². The Morgan fingerprint density at radius 1 is 0.933 bits per heavy atom. The standard InChI is InChI=1S/C6H14O3.C4H8O2/c1-2-8-5-6-9-4-3-7;1-2-6-4-3-5-1/h7H,2-6H2,1H3;1-4H2. The van der Waals surface area contributed by atoms with Gasteiger partial charge in [0.25, 0.3) is 0 Å². The molecule has 0 aromatic carbocycles. The summed E-state index contributed by atoms with van der Waals surface area (Å²) in [6.07, 6.45) is 0. The Kier molecular flexibility index (Phi) is 13.6. The number of hydrogen-bond acceptors (Lipinski definition) is 5. The first-order valence-corrected chi connectivity index (χ1v) is 5.33. The molecule has 1 heterocycles. The minimum absolute atomic E-state index is 0.0894. The van der Waals surface area contributed by atoms with Gasteiger partial charge in [0.15, 0.2) is 0 Å². The molecule has 0 aromatic heterocycles. The number of aliphatic hydroxyl groups is 1. The largest absolute Gasteiger partial charge is 0.394 e. The second kappa shape index (κ2) is 13.8. The van der Waals surface area contributed by atoms with Crippen LogP contribution in [0.2, 0.25) is 0 Å². The summed E-state index contributed by atoms with van der Waals surface area (Å²) in [4.78, 5) is 0. The van der Waals surface area contributed by atoms with Crippen molar-refractivity contribution in [2.24, 2.45) is 0 Å². The van der Waals surface area contributed by atoms with Crippen molar-refractivity contribution >= 4 is 0 Å². The molecule has 0 atom stereocenters. The van der Waals surface area contributed by atoms with Crippen LogP contribution in [0.1, 0.15) is 6.92 Å². The summed E-state index contributed by atoms with van der Waals surface area (Å²) in [6.45, 7) is 7.47. The number of rotatable bonds is 6.